The van der Waals surface area contributed by atoms with E-state index >= 15 is 0 Å². The number of hydrogen-bond donors (Lipinski definition) is 3. The number of benzene rings is 1. The van der Waals surface area contributed by atoms with Crippen LogP contribution in [0.15, 0.2) is 24.3 Å². The first-order valence-electron chi connectivity index (χ1n) is 4.34. The molecular weight excluding hydrogens is 198 g/mol. The minimum absolute atomic E-state index is 0.110. The fourth-order valence-corrected chi connectivity index (χ4v) is 1.08. The molecule has 1 aromatic rings. The molecule has 0 bridgehead atoms. The first kappa shape index (κ1) is 11.2. The molecule has 5 nitrogen and oxygen atoms in total. The standard InChI is InChI=1S/C10H11NO4/c12-9(13)6-11-5-7-1-3-8(4-2-7)10(14)15/h1-4,11H,5-6H2,(H,12,13)(H,14,15). The highest BCUT2D eigenvalue weighted by Crippen LogP contribution is 2.03. The second-order valence-electron chi connectivity index (χ2n) is 3.00. The first-order valence-corrected chi connectivity index (χ1v) is 4.34. The minimum Gasteiger partial charge on any atom is -0.480 e. The van der Waals surface area contributed by atoms with Crippen molar-refractivity contribution >= 4 is 11.9 Å². The van der Waals surface area contributed by atoms with Crippen molar-refractivity contribution in [2.75, 3.05) is 6.54 Å². The molecule has 0 heterocycles. The molecule has 1 aromatic carbocycles. The van der Waals surface area contributed by atoms with Crippen LogP contribution < -0.4 is 5.32 Å². The Balaban J connectivity index is 2.50. The molecule has 0 aliphatic heterocycles. The van der Waals surface area contributed by atoms with Crippen molar-refractivity contribution in [2.24, 2.45) is 0 Å². The van der Waals surface area contributed by atoms with Crippen molar-refractivity contribution in [1.29, 1.82) is 0 Å². The zero-order valence-electron chi connectivity index (χ0n) is 7.93. The lowest BCUT2D eigenvalue weighted by atomic mass is 10.1. The van der Waals surface area contributed by atoms with Crippen molar-refractivity contribution in [1.82, 2.24) is 5.32 Å². The van der Waals surface area contributed by atoms with Crippen molar-refractivity contribution in [2.45, 2.75) is 6.54 Å². The largest absolute Gasteiger partial charge is 0.480 e. The quantitative estimate of drug-likeness (QED) is 0.659. The van der Waals surface area contributed by atoms with Crippen LogP contribution in [0.25, 0.3) is 0 Å². The Labute approximate surface area is 86.4 Å². The Hall–Kier alpha value is -1.88. The van der Waals surface area contributed by atoms with Crippen LogP contribution in [0.2, 0.25) is 0 Å². The molecule has 5 heteroatoms. The molecule has 15 heavy (non-hydrogen) atoms. The van der Waals surface area contributed by atoms with Crippen LogP contribution in [-0.4, -0.2) is 28.7 Å². The topological polar surface area (TPSA) is 86.6 Å². The lowest BCUT2D eigenvalue weighted by Crippen LogP contribution is -2.21. The maximum absolute atomic E-state index is 10.5. The molecule has 80 valence electrons. The summed E-state index contributed by atoms with van der Waals surface area (Å²) in [6.45, 7) is 0.298. The Morgan fingerprint density at radius 3 is 2.20 bits per heavy atom. The number of hydrogen-bond acceptors (Lipinski definition) is 3. The van der Waals surface area contributed by atoms with Gasteiger partial charge in [0.25, 0.3) is 0 Å². The second-order valence-corrected chi connectivity index (χ2v) is 3.00. The van der Waals surface area contributed by atoms with Crippen molar-refractivity contribution in [3.05, 3.63) is 35.4 Å². The summed E-state index contributed by atoms with van der Waals surface area (Å²) in [6.07, 6.45) is 0. The van der Waals surface area contributed by atoms with E-state index in [9.17, 15) is 9.59 Å². The summed E-state index contributed by atoms with van der Waals surface area (Å²) >= 11 is 0. The molecule has 0 aliphatic carbocycles. The zero-order valence-corrected chi connectivity index (χ0v) is 7.93. The van der Waals surface area contributed by atoms with Crippen LogP contribution >= 0.6 is 0 Å². The van der Waals surface area contributed by atoms with Crippen molar-refractivity contribution in [3.8, 4) is 0 Å². The van der Waals surface area contributed by atoms with Gasteiger partial charge in [0.1, 0.15) is 0 Å². The van der Waals surface area contributed by atoms with Gasteiger partial charge in [0.2, 0.25) is 0 Å². The van der Waals surface area contributed by atoms with E-state index in [0.717, 1.165) is 5.56 Å². The predicted molar refractivity (Wildman–Crippen MR) is 52.7 cm³/mol. The zero-order chi connectivity index (χ0) is 11.3. The van der Waals surface area contributed by atoms with Gasteiger partial charge < -0.3 is 15.5 Å². The first-order chi connectivity index (χ1) is 7.09. The highest BCUT2D eigenvalue weighted by atomic mass is 16.4. The van der Waals surface area contributed by atoms with Gasteiger partial charge >= 0.3 is 11.9 Å². The van der Waals surface area contributed by atoms with E-state index in [1.54, 1.807) is 12.1 Å². The molecule has 0 saturated heterocycles. The van der Waals surface area contributed by atoms with Crippen LogP contribution in [-0.2, 0) is 11.3 Å². The third-order valence-corrected chi connectivity index (χ3v) is 1.81. The van der Waals surface area contributed by atoms with E-state index in [1.807, 2.05) is 0 Å². The fourth-order valence-electron chi connectivity index (χ4n) is 1.08. The molecule has 3 N–H and O–H groups in total. The van der Waals surface area contributed by atoms with E-state index in [0.29, 0.717) is 6.54 Å². The highest BCUT2D eigenvalue weighted by Gasteiger charge is 2.01. The SMILES string of the molecule is O=C(O)CNCc1ccc(C(=O)O)cc1. The van der Waals surface area contributed by atoms with Gasteiger partial charge in [0.15, 0.2) is 0 Å². The van der Waals surface area contributed by atoms with E-state index < -0.39 is 11.9 Å². The van der Waals surface area contributed by atoms with Gasteiger partial charge in [-0.2, -0.15) is 0 Å². The van der Waals surface area contributed by atoms with Gasteiger partial charge in [0.05, 0.1) is 12.1 Å². The summed E-state index contributed by atoms with van der Waals surface area (Å²) in [5, 5.41) is 19.7. The highest BCUT2D eigenvalue weighted by molar-refractivity contribution is 5.87. The number of rotatable bonds is 5. The molecule has 0 aliphatic rings. The number of aliphatic carboxylic acids is 1. The van der Waals surface area contributed by atoms with E-state index in [1.165, 1.54) is 12.1 Å². The molecule has 0 radical (unpaired) electrons. The summed E-state index contributed by atoms with van der Waals surface area (Å²) in [5.41, 5.74) is 1.07. The molecular formula is C10H11NO4. The van der Waals surface area contributed by atoms with Crippen molar-refractivity contribution in [3.63, 3.8) is 0 Å². The van der Waals surface area contributed by atoms with Crippen LogP contribution in [0.1, 0.15) is 15.9 Å². The summed E-state index contributed by atoms with van der Waals surface area (Å²) in [7, 11) is 0. The Kier molecular flexibility index (Phi) is 3.82. The van der Waals surface area contributed by atoms with E-state index in [-0.39, 0.29) is 12.1 Å². The normalized spacial score (nSPS) is 9.87. The molecule has 0 fully saturated rings. The van der Waals surface area contributed by atoms with Gasteiger partial charge in [-0.15, -0.1) is 0 Å². The summed E-state index contributed by atoms with van der Waals surface area (Å²) in [5.74, 6) is -1.89. The van der Waals surface area contributed by atoms with Crippen LogP contribution in [0.3, 0.4) is 0 Å². The summed E-state index contributed by atoms with van der Waals surface area (Å²) < 4.78 is 0. The Morgan fingerprint density at radius 1 is 1.13 bits per heavy atom. The lowest BCUT2D eigenvalue weighted by Gasteiger charge is -2.02. The van der Waals surface area contributed by atoms with Gasteiger partial charge in [-0.25, -0.2) is 4.79 Å². The van der Waals surface area contributed by atoms with E-state index in [4.69, 9.17) is 10.2 Å². The molecule has 0 spiro atoms. The fraction of sp³-hybridized carbons (Fsp3) is 0.200. The van der Waals surface area contributed by atoms with Gasteiger partial charge in [-0.3, -0.25) is 4.79 Å². The molecule has 1 rings (SSSR count). The lowest BCUT2D eigenvalue weighted by molar-refractivity contribution is -0.136. The number of carboxylic acids is 2. The third-order valence-electron chi connectivity index (χ3n) is 1.81. The molecule has 0 unspecified atom stereocenters. The average Bonchev–Trinajstić information content (AvgIpc) is 2.18. The molecule has 0 amide bonds. The number of aromatic carboxylic acids is 1. The van der Waals surface area contributed by atoms with Gasteiger partial charge in [0, 0.05) is 6.54 Å². The monoisotopic (exact) mass is 209 g/mol. The Morgan fingerprint density at radius 2 is 1.73 bits per heavy atom. The molecule has 0 aromatic heterocycles. The van der Waals surface area contributed by atoms with E-state index in [2.05, 4.69) is 5.32 Å². The summed E-state index contributed by atoms with van der Waals surface area (Å²) in [6, 6.07) is 6.27. The van der Waals surface area contributed by atoms with Crippen LogP contribution in [0, 0.1) is 0 Å². The van der Waals surface area contributed by atoms with Crippen LogP contribution in [0.4, 0.5) is 0 Å². The molecule has 0 saturated carbocycles. The minimum atomic E-state index is -0.972. The van der Waals surface area contributed by atoms with Crippen LogP contribution in [0.5, 0.6) is 0 Å². The van der Waals surface area contributed by atoms with Crippen molar-refractivity contribution < 1.29 is 19.8 Å². The second kappa shape index (κ2) is 5.11. The maximum Gasteiger partial charge on any atom is 0.335 e. The third kappa shape index (κ3) is 3.78. The smallest absolute Gasteiger partial charge is 0.335 e. The summed E-state index contributed by atoms with van der Waals surface area (Å²) in [4.78, 5) is 20.7. The number of carboxylic acid groups (broad SMARTS) is 2. The molecule has 0 atom stereocenters. The van der Waals surface area contributed by atoms with Gasteiger partial charge in [-0.1, -0.05) is 12.1 Å². The average molecular weight is 209 g/mol. The Bertz CT molecular complexity index is 358. The number of carbonyl (C=O) groups is 2. The maximum atomic E-state index is 10.5. The number of nitrogens with one attached hydrogen (secondary N) is 1. The predicted octanol–water partition coefficient (Wildman–Crippen LogP) is 0.559. The van der Waals surface area contributed by atoms with Gasteiger partial charge in [-0.05, 0) is 17.7 Å².